The average molecular weight is 253 g/mol. The number of fused-ring (bicyclic) bond motifs is 2. The first kappa shape index (κ1) is 11.2. The van der Waals surface area contributed by atoms with Gasteiger partial charge in [0.1, 0.15) is 0 Å². The molecule has 0 N–H and O–H groups in total. The molecule has 93 valence electrons. The third-order valence-electron chi connectivity index (χ3n) is 3.73. The first-order valence-electron chi connectivity index (χ1n) is 6.80. The third-order valence-corrected chi connectivity index (χ3v) is 3.73. The van der Waals surface area contributed by atoms with Crippen molar-refractivity contribution in [3.05, 3.63) is 84.9 Å². The number of hydrogen-bond donors (Lipinski definition) is 0. The van der Waals surface area contributed by atoms with Crippen LogP contribution in [0.15, 0.2) is 78.9 Å². The fourth-order valence-electron chi connectivity index (χ4n) is 2.68. The lowest BCUT2D eigenvalue weighted by Crippen LogP contribution is -1.80. The van der Waals surface area contributed by atoms with Gasteiger partial charge in [-0.05, 0) is 56.9 Å². The second kappa shape index (κ2) is 4.50. The molecule has 0 aliphatic rings. The van der Waals surface area contributed by atoms with Gasteiger partial charge >= 0.3 is 0 Å². The van der Waals surface area contributed by atoms with Crippen molar-refractivity contribution in [2.75, 3.05) is 0 Å². The van der Waals surface area contributed by atoms with Crippen molar-refractivity contribution in [2.24, 2.45) is 0 Å². The van der Waals surface area contributed by atoms with Gasteiger partial charge < -0.3 is 0 Å². The fraction of sp³-hybridized carbons (Fsp3) is 0. The zero-order chi connectivity index (χ0) is 13.4. The van der Waals surface area contributed by atoms with E-state index in [2.05, 4.69) is 66.7 Å². The quantitative estimate of drug-likeness (QED) is 0.395. The summed E-state index contributed by atoms with van der Waals surface area (Å²) < 4.78 is 0. The Morgan fingerprint density at radius 1 is 0.550 bits per heavy atom. The van der Waals surface area contributed by atoms with E-state index in [4.69, 9.17) is 0 Å². The summed E-state index contributed by atoms with van der Waals surface area (Å²) in [6, 6.07) is 31.0. The summed E-state index contributed by atoms with van der Waals surface area (Å²) in [5, 5.41) is 4.95. The maximum atomic E-state index is 3.30. The normalized spacial score (nSPS) is 11.0. The Kier molecular flexibility index (Phi) is 2.53. The summed E-state index contributed by atoms with van der Waals surface area (Å²) in [4.78, 5) is 0. The lowest BCUT2D eigenvalue weighted by Gasteiger charge is -2.06. The van der Waals surface area contributed by atoms with Gasteiger partial charge in [0.2, 0.25) is 0 Å². The van der Waals surface area contributed by atoms with E-state index in [9.17, 15) is 0 Å². The van der Waals surface area contributed by atoms with E-state index in [1.54, 1.807) is 0 Å². The van der Waals surface area contributed by atoms with Gasteiger partial charge in [-0.1, -0.05) is 60.7 Å². The van der Waals surface area contributed by atoms with Crippen LogP contribution in [0.2, 0.25) is 0 Å². The molecule has 0 saturated carbocycles. The van der Waals surface area contributed by atoms with E-state index in [0.29, 0.717) is 0 Å². The van der Waals surface area contributed by atoms with Crippen LogP contribution in [0.4, 0.5) is 0 Å². The van der Waals surface area contributed by atoms with Gasteiger partial charge in [-0.3, -0.25) is 0 Å². The lowest BCUT2D eigenvalue weighted by molar-refractivity contribution is 1.65. The highest BCUT2D eigenvalue weighted by atomic mass is 14.1. The van der Waals surface area contributed by atoms with Gasteiger partial charge in [0.15, 0.2) is 0 Å². The third kappa shape index (κ3) is 1.86. The van der Waals surface area contributed by atoms with Crippen LogP contribution in [0.3, 0.4) is 0 Å². The molecule has 20 heavy (non-hydrogen) atoms. The zero-order valence-electron chi connectivity index (χ0n) is 11.0. The van der Waals surface area contributed by atoms with Crippen molar-refractivity contribution in [3.8, 4) is 11.1 Å². The highest BCUT2D eigenvalue weighted by molar-refractivity contribution is 5.99. The molecule has 0 aliphatic heterocycles. The molecule has 0 saturated heterocycles. The van der Waals surface area contributed by atoms with E-state index < -0.39 is 0 Å². The van der Waals surface area contributed by atoms with Crippen LogP contribution in [0.5, 0.6) is 0 Å². The zero-order valence-corrected chi connectivity index (χ0v) is 11.0. The number of benzene rings is 4. The molecule has 0 spiro atoms. The van der Waals surface area contributed by atoms with Crippen LogP contribution >= 0.6 is 0 Å². The van der Waals surface area contributed by atoms with Gasteiger partial charge in [0.05, 0.1) is 0 Å². The minimum absolute atomic E-state index is 1.17. The highest BCUT2D eigenvalue weighted by Crippen LogP contribution is 2.27. The Bertz CT molecular complexity index is 889. The van der Waals surface area contributed by atoms with Crippen LogP contribution < -0.4 is 0 Å². The van der Waals surface area contributed by atoms with Crippen molar-refractivity contribution in [3.63, 3.8) is 0 Å². The molecule has 4 rings (SSSR count). The van der Waals surface area contributed by atoms with Crippen LogP contribution in [0.25, 0.3) is 32.7 Å². The van der Waals surface area contributed by atoms with Gasteiger partial charge in [-0.2, -0.15) is 0 Å². The van der Waals surface area contributed by atoms with Crippen LogP contribution in [-0.2, 0) is 0 Å². The molecule has 0 nitrogen and oxygen atoms in total. The minimum atomic E-state index is 1.17. The van der Waals surface area contributed by atoms with E-state index in [1.807, 2.05) is 18.2 Å². The Labute approximate surface area is 118 Å². The van der Waals surface area contributed by atoms with Gasteiger partial charge in [0.25, 0.3) is 0 Å². The monoisotopic (exact) mass is 253 g/mol. The predicted octanol–water partition coefficient (Wildman–Crippen LogP) is 5.46. The lowest BCUT2D eigenvalue weighted by atomic mass is 9.99. The summed E-state index contributed by atoms with van der Waals surface area (Å²) in [6.45, 7) is 0. The van der Waals surface area contributed by atoms with Crippen molar-refractivity contribution >= 4 is 21.5 Å². The Balaban J connectivity index is 1.97. The van der Waals surface area contributed by atoms with Crippen molar-refractivity contribution in [1.82, 2.24) is 0 Å². The number of rotatable bonds is 1. The molecular formula is C20H13. The molecular weight excluding hydrogens is 240 g/mol. The predicted molar refractivity (Wildman–Crippen MR) is 85.7 cm³/mol. The smallest absolute Gasteiger partial charge is 0.00988 e. The molecule has 0 heterocycles. The summed E-state index contributed by atoms with van der Waals surface area (Å²) in [6.07, 6.45) is 0. The van der Waals surface area contributed by atoms with Gasteiger partial charge in [-0.15, -0.1) is 0 Å². The molecule has 1 radical (unpaired) electrons. The Morgan fingerprint density at radius 2 is 1.45 bits per heavy atom. The number of hydrogen-bond acceptors (Lipinski definition) is 0. The van der Waals surface area contributed by atoms with Gasteiger partial charge in [-0.25, -0.2) is 0 Å². The Morgan fingerprint density at radius 3 is 2.35 bits per heavy atom. The van der Waals surface area contributed by atoms with E-state index in [-0.39, 0.29) is 0 Å². The molecule has 0 amide bonds. The molecule has 0 aromatic heterocycles. The molecule has 0 unspecified atom stereocenters. The molecule has 0 heteroatoms. The first-order valence-corrected chi connectivity index (χ1v) is 6.80. The molecule has 4 aromatic rings. The van der Waals surface area contributed by atoms with Crippen LogP contribution in [0.1, 0.15) is 0 Å². The largest absolute Gasteiger partial charge is 0.0622 e. The van der Waals surface area contributed by atoms with Crippen LogP contribution in [0, 0.1) is 6.07 Å². The second-order valence-electron chi connectivity index (χ2n) is 5.04. The van der Waals surface area contributed by atoms with Crippen LogP contribution in [-0.4, -0.2) is 0 Å². The maximum Gasteiger partial charge on any atom is -0.00988 e. The van der Waals surface area contributed by atoms with Crippen molar-refractivity contribution < 1.29 is 0 Å². The van der Waals surface area contributed by atoms with E-state index in [1.165, 1.54) is 32.7 Å². The average Bonchev–Trinajstić information content (AvgIpc) is 2.53. The molecule has 0 atom stereocenters. The van der Waals surface area contributed by atoms with Gasteiger partial charge in [0, 0.05) is 0 Å². The van der Waals surface area contributed by atoms with E-state index >= 15 is 0 Å². The molecule has 4 aromatic carbocycles. The molecule has 0 fully saturated rings. The fourth-order valence-corrected chi connectivity index (χ4v) is 2.68. The summed E-state index contributed by atoms with van der Waals surface area (Å²) >= 11 is 0. The topological polar surface area (TPSA) is 0 Å². The maximum absolute atomic E-state index is 3.30. The first-order chi connectivity index (χ1) is 9.90. The molecule has 0 bridgehead atoms. The summed E-state index contributed by atoms with van der Waals surface area (Å²) in [7, 11) is 0. The minimum Gasteiger partial charge on any atom is -0.0622 e. The molecule has 0 aliphatic carbocycles. The standard InChI is InChI=1S/C20H13/c1-2-6-15(7-3-1)18-10-11-19-12-16-8-4-5-9-17(16)13-20(19)14-18/h1-8,10-14H. The Hall–Kier alpha value is -2.60. The van der Waals surface area contributed by atoms with E-state index in [0.717, 1.165) is 0 Å². The second-order valence-corrected chi connectivity index (χ2v) is 5.04. The van der Waals surface area contributed by atoms with Crippen molar-refractivity contribution in [1.29, 1.82) is 0 Å². The van der Waals surface area contributed by atoms with Crippen molar-refractivity contribution in [2.45, 2.75) is 0 Å². The SMILES string of the molecule is [c]1cccc2cc3ccc(-c4ccccc4)cc3cc12. The summed E-state index contributed by atoms with van der Waals surface area (Å²) in [5.74, 6) is 0. The summed E-state index contributed by atoms with van der Waals surface area (Å²) in [5.41, 5.74) is 2.51. The highest BCUT2D eigenvalue weighted by Gasteiger charge is 2.01.